The van der Waals surface area contributed by atoms with Crippen LogP contribution in [0.4, 0.5) is 10.1 Å². The first-order chi connectivity index (χ1) is 9.09. The first-order valence-corrected chi connectivity index (χ1v) is 6.87. The highest BCUT2D eigenvalue weighted by atomic mass is 32.1. The molecular formula is C14H19FN2OS. The van der Waals surface area contributed by atoms with Crippen LogP contribution in [0.1, 0.15) is 18.4 Å². The fourth-order valence-electron chi connectivity index (χ4n) is 2.51. The van der Waals surface area contributed by atoms with Gasteiger partial charge in [-0.25, -0.2) is 4.39 Å². The van der Waals surface area contributed by atoms with E-state index in [9.17, 15) is 4.39 Å². The van der Waals surface area contributed by atoms with Gasteiger partial charge in [0.05, 0.1) is 12.2 Å². The lowest BCUT2D eigenvalue weighted by atomic mass is 10.0. The number of halogens is 1. The molecule has 19 heavy (non-hydrogen) atoms. The summed E-state index contributed by atoms with van der Waals surface area (Å²) < 4.78 is 19.3. The van der Waals surface area contributed by atoms with Crippen LogP contribution in [0.5, 0.6) is 0 Å². The minimum Gasteiger partial charge on any atom is -0.389 e. The second-order valence-corrected chi connectivity index (χ2v) is 5.40. The van der Waals surface area contributed by atoms with Gasteiger partial charge in [-0.3, -0.25) is 0 Å². The van der Waals surface area contributed by atoms with Crippen molar-refractivity contribution in [3.05, 3.63) is 29.6 Å². The molecule has 5 heteroatoms. The van der Waals surface area contributed by atoms with Crippen LogP contribution in [0, 0.1) is 11.7 Å². The maximum absolute atomic E-state index is 13.8. The van der Waals surface area contributed by atoms with Gasteiger partial charge in [-0.1, -0.05) is 18.3 Å². The second-order valence-electron chi connectivity index (χ2n) is 4.96. The Kier molecular flexibility index (Phi) is 4.71. The van der Waals surface area contributed by atoms with E-state index in [0.717, 1.165) is 38.3 Å². The van der Waals surface area contributed by atoms with Crippen molar-refractivity contribution < 1.29 is 9.13 Å². The third kappa shape index (κ3) is 3.42. The van der Waals surface area contributed by atoms with Gasteiger partial charge >= 0.3 is 0 Å². The van der Waals surface area contributed by atoms with Gasteiger partial charge in [0.15, 0.2) is 0 Å². The molecule has 2 N–H and O–H groups in total. The van der Waals surface area contributed by atoms with Gasteiger partial charge in [0.25, 0.3) is 0 Å². The Morgan fingerprint density at radius 1 is 1.58 bits per heavy atom. The number of nitrogens with zero attached hydrogens (tertiary/aromatic N) is 1. The molecule has 1 saturated heterocycles. The first kappa shape index (κ1) is 14.2. The molecule has 1 aliphatic heterocycles. The summed E-state index contributed by atoms with van der Waals surface area (Å²) in [6.45, 7) is 2.43. The van der Waals surface area contributed by atoms with Crippen LogP contribution in [0.3, 0.4) is 0 Å². The van der Waals surface area contributed by atoms with Gasteiger partial charge in [-0.2, -0.15) is 0 Å². The second kappa shape index (κ2) is 6.30. The highest BCUT2D eigenvalue weighted by Gasteiger charge is 2.19. The molecule has 1 unspecified atom stereocenters. The van der Waals surface area contributed by atoms with E-state index in [-0.39, 0.29) is 10.8 Å². The van der Waals surface area contributed by atoms with Crippen molar-refractivity contribution in [3.8, 4) is 0 Å². The van der Waals surface area contributed by atoms with E-state index < -0.39 is 0 Å². The number of benzene rings is 1. The number of nitrogens with two attached hydrogens (primary N) is 1. The van der Waals surface area contributed by atoms with E-state index in [1.54, 1.807) is 6.07 Å². The van der Waals surface area contributed by atoms with Gasteiger partial charge in [0.1, 0.15) is 10.8 Å². The quantitative estimate of drug-likeness (QED) is 0.860. The summed E-state index contributed by atoms with van der Waals surface area (Å²) in [7, 11) is 1.94. The maximum atomic E-state index is 13.8. The summed E-state index contributed by atoms with van der Waals surface area (Å²) in [4.78, 5) is 2.11. The molecule has 1 aromatic carbocycles. The molecular weight excluding hydrogens is 263 g/mol. The Balaban J connectivity index is 2.16. The smallest absolute Gasteiger partial charge is 0.135 e. The van der Waals surface area contributed by atoms with Gasteiger partial charge < -0.3 is 15.4 Å². The molecule has 1 aromatic rings. The lowest BCUT2D eigenvalue weighted by Gasteiger charge is -2.29. The first-order valence-electron chi connectivity index (χ1n) is 6.46. The zero-order valence-corrected chi connectivity index (χ0v) is 11.9. The predicted octanol–water partition coefficient (Wildman–Crippen LogP) is 2.32. The zero-order chi connectivity index (χ0) is 13.8. The van der Waals surface area contributed by atoms with Crippen LogP contribution in [0.25, 0.3) is 0 Å². The molecule has 1 heterocycles. The fourth-order valence-corrected chi connectivity index (χ4v) is 2.71. The predicted molar refractivity (Wildman–Crippen MR) is 79.1 cm³/mol. The molecule has 0 aromatic heterocycles. The van der Waals surface area contributed by atoms with Gasteiger partial charge in [0.2, 0.25) is 0 Å². The number of anilines is 1. The van der Waals surface area contributed by atoms with Crippen LogP contribution < -0.4 is 10.6 Å². The molecule has 1 aliphatic rings. The Hall–Kier alpha value is -1.20. The molecule has 0 bridgehead atoms. The lowest BCUT2D eigenvalue weighted by molar-refractivity contribution is 0.0576. The van der Waals surface area contributed by atoms with Crippen molar-refractivity contribution in [3.63, 3.8) is 0 Å². The largest absolute Gasteiger partial charge is 0.389 e. The Morgan fingerprint density at radius 3 is 3.00 bits per heavy atom. The van der Waals surface area contributed by atoms with Crippen LogP contribution in [-0.2, 0) is 4.74 Å². The summed E-state index contributed by atoms with van der Waals surface area (Å²) in [5.74, 6) is 0.109. The minimum absolute atomic E-state index is 0.0971. The molecule has 0 amide bonds. The van der Waals surface area contributed by atoms with Crippen LogP contribution in [-0.4, -0.2) is 31.8 Å². The van der Waals surface area contributed by atoms with Crippen molar-refractivity contribution in [2.75, 3.05) is 31.7 Å². The average Bonchev–Trinajstić information content (AvgIpc) is 2.39. The summed E-state index contributed by atoms with van der Waals surface area (Å²) in [5, 5.41) is 0. The summed E-state index contributed by atoms with van der Waals surface area (Å²) in [6, 6.07) is 4.91. The van der Waals surface area contributed by atoms with Crippen LogP contribution in [0.2, 0.25) is 0 Å². The Labute approximate surface area is 118 Å². The third-order valence-corrected chi connectivity index (χ3v) is 3.64. The third-order valence-electron chi connectivity index (χ3n) is 3.44. The minimum atomic E-state index is -0.364. The molecule has 104 valence electrons. The van der Waals surface area contributed by atoms with E-state index >= 15 is 0 Å². The molecule has 0 aliphatic carbocycles. The van der Waals surface area contributed by atoms with E-state index in [4.69, 9.17) is 22.7 Å². The van der Waals surface area contributed by atoms with E-state index in [2.05, 4.69) is 0 Å². The van der Waals surface area contributed by atoms with Crippen LogP contribution in [0.15, 0.2) is 18.2 Å². The fraction of sp³-hybridized carbons (Fsp3) is 0.500. The molecule has 0 radical (unpaired) electrons. The van der Waals surface area contributed by atoms with Crippen LogP contribution >= 0.6 is 12.2 Å². The Bertz CT molecular complexity index is 461. The van der Waals surface area contributed by atoms with E-state index in [1.165, 1.54) is 6.07 Å². The van der Waals surface area contributed by atoms with Crippen molar-refractivity contribution in [1.29, 1.82) is 0 Å². The van der Waals surface area contributed by atoms with Crippen molar-refractivity contribution >= 4 is 22.9 Å². The number of hydrogen-bond acceptors (Lipinski definition) is 3. The zero-order valence-electron chi connectivity index (χ0n) is 11.1. The number of thiocarbonyl (C=S) groups is 1. The monoisotopic (exact) mass is 282 g/mol. The number of ether oxygens (including phenoxy) is 1. The molecule has 1 fully saturated rings. The summed E-state index contributed by atoms with van der Waals surface area (Å²) in [5.41, 5.74) is 6.70. The topological polar surface area (TPSA) is 38.5 Å². The van der Waals surface area contributed by atoms with Crippen molar-refractivity contribution in [2.45, 2.75) is 12.8 Å². The number of rotatable bonds is 4. The van der Waals surface area contributed by atoms with Crippen molar-refractivity contribution in [1.82, 2.24) is 0 Å². The summed E-state index contributed by atoms with van der Waals surface area (Å²) >= 11 is 4.95. The molecule has 2 rings (SSSR count). The Morgan fingerprint density at radius 2 is 2.37 bits per heavy atom. The van der Waals surface area contributed by atoms with Crippen molar-refractivity contribution in [2.24, 2.45) is 11.7 Å². The standard InChI is InChI=1S/C14H19FN2OS/c1-17(8-10-4-3-7-18-9-10)12-6-2-5-11(15)13(12)14(16)19/h2,5-6,10H,3-4,7-9H2,1H3,(H2,16,19). The van der Waals surface area contributed by atoms with E-state index in [0.29, 0.717) is 11.5 Å². The number of hydrogen-bond donors (Lipinski definition) is 1. The van der Waals surface area contributed by atoms with E-state index in [1.807, 2.05) is 18.0 Å². The molecule has 3 nitrogen and oxygen atoms in total. The average molecular weight is 282 g/mol. The van der Waals surface area contributed by atoms with Gasteiger partial charge in [-0.05, 0) is 30.9 Å². The summed E-state index contributed by atoms with van der Waals surface area (Å²) in [6.07, 6.45) is 2.23. The molecule has 0 spiro atoms. The normalized spacial score (nSPS) is 19.2. The maximum Gasteiger partial charge on any atom is 0.135 e. The highest BCUT2D eigenvalue weighted by Crippen LogP contribution is 2.24. The lowest BCUT2D eigenvalue weighted by Crippen LogP contribution is -2.32. The highest BCUT2D eigenvalue weighted by molar-refractivity contribution is 7.80. The van der Waals surface area contributed by atoms with Gasteiger partial charge in [-0.15, -0.1) is 0 Å². The SMILES string of the molecule is CN(CC1CCCOC1)c1cccc(F)c1C(N)=S. The molecule has 0 saturated carbocycles. The molecule has 1 atom stereocenters. The van der Waals surface area contributed by atoms with Gasteiger partial charge in [0, 0.05) is 25.9 Å².